The van der Waals surface area contributed by atoms with Gasteiger partial charge in [-0.15, -0.1) is 10.2 Å². The average Bonchev–Trinajstić information content (AvgIpc) is 3.05. The number of thioether (sulfide) groups is 1. The first-order valence-corrected chi connectivity index (χ1v) is 8.33. The number of benzene rings is 2. The molecule has 0 fully saturated rings. The van der Waals surface area contributed by atoms with Crippen LogP contribution in [0.25, 0.3) is 11.4 Å². The lowest BCUT2D eigenvalue weighted by atomic mass is 10.0. The minimum Gasteiger partial charge on any atom is -0.316 e. The standard InChI is InChI=1S/C18H17N3OS/c1-12-8-9-13(2)15(10-12)16(22)11-23-18-19-17(20-21-18)14-6-4-3-5-7-14/h3-10H,11H2,1-2H3,(H,19,20,21). The molecule has 0 aliphatic heterocycles. The fourth-order valence-electron chi connectivity index (χ4n) is 2.29. The summed E-state index contributed by atoms with van der Waals surface area (Å²) in [6.45, 7) is 3.95. The van der Waals surface area contributed by atoms with Crippen LogP contribution in [0.5, 0.6) is 0 Å². The monoisotopic (exact) mass is 323 g/mol. The van der Waals surface area contributed by atoms with E-state index >= 15 is 0 Å². The average molecular weight is 323 g/mol. The van der Waals surface area contributed by atoms with Gasteiger partial charge in [0, 0.05) is 11.1 Å². The number of hydrogen-bond donors (Lipinski definition) is 1. The van der Waals surface area contributed by atoms with Gasteiger partial charge in [0.1, 0.15) is 0 Å². The van der Waals surface area contributed by atoms with Gasteiger partial charge in [0.25, 0.3) is 0 Å². The molecule has 5 heteroatoms. The Balaban J connectivity index is 1.68. The molecule has 0 saturated carbocycles. The highest BCUT2D eigenvalue weighted by Gasteiger charge is 2.12. The smallest absolute Gasteiger partial charge is 0.189 e. The van der Waals surface area contributed by atoms with Crippen LogP contribution < -0.4 is 0 Å². The van der Waals surface area contributed by atoms with E-state index in [0.29, 0.717) is 16.7 Å². The molecule has 0 aliphatic carbocycles. The largest absolute Gasteiger partial charge is 0.316 e. The predicted octanol–water partition coefficient (Wildman–Crippen LogP) is 4.06. The van der Waals surface area contributed by atoms with Gasteiger partial charge in [0.2, 0.25) is 0 Å². The molecule has 0 atom stereocenters. The highest BCUT2D eigenvalue weighted by atomic mass is 32.2. The van der Waals surface area contributed by atoms with Crippen LogP contribution >= 0.6 is 11.8 Å². The Morgan fingerprint density at radius 3 is 2.65 bits per heavy atom. The number of ketones is 1. The zero-order valence-electron chi connectivity index (χ0n) is 13.0. The van der Waals surface area contributed by atoms with Crippen LogP contribution in [0.3, 0.4) is 0 Å². The molecule has 2 aromatic carbocycles. The number of carbonyl (C=O) groups is 1. The number of rotatable bonds is 5. The van der Waals surface area contributed by atoms with Crippen LogP contribution in [0.1, 0.15) is 21.5 Å². The van der Waals surface area contributed by atoms with E-state index < -0.39 is 0 Å². The minimum atomic E-state index is 0.105. The van der Waals surface area contributed by atoms with Crippen molar-refractivity contribution in [3.05, 3.63) is 65.2 Å². The molecule has 3 rings (SSSR count). The maximum Gasteiger partial charge on any atom is 0.189 e. The van der Waals surface area contributed by atoms with Gasteiger partial charge in [-0.3, -0.25) is 4.79 Å². The second-order valence-electron chi connectivity index (χ2n) is 5.38. The Bertz CT molecular complexity index is 827. The Hall–Kier alpha value is -2.40. The van der Waals surface area contributed by atoms with Crippen molar-refractivity contribution in [2.24, 2.45) is 0 Å². The number of Topliss-reactive ketones (excluding diaryl/α,β-unsaturated/α-hetero) is 1. The van der Waals surface area contributed by atoms with Gasteiger partial charge in [-0.2, -0.15) is 0 Å². The van der Waals surface area contributed by atoms with Crippen LogP contribution in [-0.2, 0) is 0 Å². The second kappa shape index (κ2) is 6.79. The summed E-state index contributed by atoms with van der Waals surface area (Å²) < 4.78 is 0. The van der Waals surface area contributed by atoms with Gasteiger partial charge in [-0.25, -0.2) is 0 Å². The molecule has 1 aromatic heterocycles. The predicted molar refractivity (Wildman–Crippen MR) is 92.8 cm³/mol. The molecule has 116 valence electrons. The minimum absolute atomic E-state index is 0.105. The van der Waals surface area contributed by atoms with Crippen LogP contribution in [0.4, 0.5) is 0 Å². The summed E-state index contributed by atoms with van der Waals surface area (Å²) in [5.41, 5.74) is 3.85. The zero-order chi connectivity index (χ0) is 16.2. The number of aromatic amines is 1. The summed E-state index contributed by atoms with van der Waals surface area (Å²) in [4.78, 5) is 15.5. The van der Waals surface area contributed by atoms with E-state index in [1.165, 1.54) is 11.8 Å². The number of nitrogens with one attached hydrogen (secondary N) is 1. The first kappa shape index (κ1) is 15.5. The molecule has 0 spiro atoms. The Kier molecular flexibility index (Phi) is 4.57. The zero-order valence-corrected chi connectivity index (χ0v) is 13.9. The van der Waals surface area contributed by atoms with Crippen LogP contribution in [0.15, 0.2) is 53.7 Å². The van der Waals surface area contributed by atoms with Gasteiger partial charge in [-0.1, -0.05) is 59.8 Å². The molecule has 4 nitrogen and oxygen atoms in total. The van der Waals surface area contributed by atoms with Crippen LogP contribution in [0, 0.1) is 13.8 Å². The van der Waals surface area contributed by atoms with Crippen molar-refractivity contribution in [2.75, 3.05) is 5.75 Å². The lowest BCUT2D eigenvalue weighted by Gasteiger charge is -2.05. The summed E-state index contributed by atoms with van der Waals surface area (Å²) in [6, 6.07) is 15.7. The van der Waals surface area contributed by atoms with Crippen molar-refractivity contribution in [2.45, 2.75) is 19.0 Å². The third-order valence-corrected chi connectivity index (χ3v) is 4.41. The number of aryl methyl sites for hydroxylation is 2. The first-order chi connectivity index (χ1) is 11.1. The van der Waals surface area contributed by atoms with Crippen molar-refractivity contribution in [3.8, 4) is 11.4 Å². The molecule has 0 aliphatic rings. The normalized spacial score (nSPS) is 10.7. The van der Waals surface area contributed by atoms with Gasteiger partial charge in [0.05, 0.1) is 5.75 Å². The van der Waals surface area contributed by atoms with E-state index in [2.05, 4.69) is 15.2 Å². The number of nitrogens with zero attached hydrogens (tertiary/aromatic N) is 2. The van der Waals surface area contributed by atoms with Gasteiger partial charge in [-0.05, 0) is 25.5 Å². The maximum absolute atomic E-state index is 12.4. The molecule has 3 aromatic rings. The fraction of sp³-hybridized carbons (Fsp3) is 0.167. The summed E-state index contributed by atoms with van der Waals surface area (Å²) in [6.07, 6.45) is 0. The maximum atomic E-state index is 12.4. The van der Waals surface area contributed by atoms with E-state index in [1.54, 1.807) is 0 Å². The molecule has 0 saturated heterocycles. The quantitative estimate of drug-likeness (QED) is 0.568. The topological polar surface area (TPSA) is 58.6 Å². The summed E-state index contributed by atoms with van der Waals surface area (Å²) >= 11 is 1.37. The first-order valence-electron chi connectivity index (χ1n) is 7.35. The Morgan fingerprint density at radius 2 is 1.87 bits per heavy atom. The third-order valence-electron chi connectivity index (χ3n) is 3.55. The van der Waals surface area contributed by atoms with Crippen molar-refractivity contribution in [1.82, 2.24) is 15.2 Å². The number of H-pyrrole nitrogens is 1. The van der Waals surface area contributed by atoms with Crippen LogP contribution in [-0.4, -0.2) is 26.7 Å². The van der Waals surface area contributed by atoms with Crippen molar-refractivity contribution in [1.29, 1.82) is 0 Å². The van der Waals surface area contributed by atoms with E-state index in [0.717, 1.165) is 22.3 Å². The molecule has 0 bridgehead atoms. The van der Waals surface area contributed by atoms with Crippen molar-refractivity contribution in [3.63, 3.8) is 0 Å². The lowest BCUT2D eigenvalue weighted by Crippen LogP contribution is -2.05. The van der Waals surface area contributed by atoms with Crippen molar-refractivity contribution >= 4 is 17.5 Å². The number of hydrogen-bond acceptors (Lipinski definition) is 4. The number of carbonyl (C=O) groups excluding carboxylic acids is 1. The summed E-state index contributed by atoms with van der Waals surface area (Å²) in [5, 5.41) is 8.89. The Labute approximate surface area is 139 Å². The fourth-order valence-corrected chi connectivity index (χ4v) is 2.98. The van der Waals surface area contributed by atoms with E-state index in [-0.39, 0.29) is 5.78 Å². The lowest BCUT2D eigenvalue weighted by molar-refractivity contribution is 0.102. The highest BCUT2D eigenvalue weighted by Crippen LogP contribution is 2.21. The molecule has 0 unspecified atom stereocenters. The summed E-state index contributed by atoms with van der Waals surface area (Å²) in [7, 11) is 0. The van der Waals surface area contributed by atoms with Crippen molar-refractivity contribution < 1.29 is 4.79 Å². The molecular weight excluding hydrogens is 306 g/mol. The number of aromatic nitrogens is 3. The molecule has 0 radical (unpaired) electrons. The second-order valence-corrected chi connectivity index (χ2v) is 6.34. The van der Waals surface area contributed by atoms with E-state index in [4.69, 9.17) is 0 Å². The van der Waals surface area contributed by atoms with Gasteiger partial charge < -0.3 is 4.98 Å². The highest BCUT2D eigenvalue weighted by molar-refractivity contribution is 7.99. The molecule has 1 heterocycles. The van der Waals surface area contributed by atoms with E-state index in [9.17, 15) is 4.79 Å². The third kappa shape index (κ3) is 3.68. The van der Waals surface area contributed by atoms with Gasteiger partial charge in [0.15, 0.2) is 16.8 Å². The van der Waals surface area contributed by atoms with Crippen LogP contribution in [0.2, 0.25) is 0 Å². The molecule has 1 N–H and O–H groups in total. The Morgan fingerprint density at radius 1 is 1.09 bits per heavy atom. The van der Waals surface area contributed by atoms with Gasteiger partial charge >= 0.3 is 0 Å². The van der Waals surface area contributed by atoms with E-state index in [1.807, 2.05) is 62.4 Å². The SMILES string of the molecule is Cc1ccc(C)c(C(=O)CSc2nnc(-c3ccccc3)[nH]2)c1. The molecule has 23 heavy (non-hydrogen) atoms. The summed E-state index contributed by atoms with van der Waals surface area (Å²) in [5.74, 6) is 1.16. The molecule has 0 amide bonds. The molecular formula is C18H17N3OS.